The van der Waals surface area contributed by atoms with Gasteiger partial charge in [0.2, 0.25) is 0 Å². The van der Waals surface area contributed by atoms with E-state index >= 15 is 0 Å². The molecule has 0 aromatic heterocycles. The van der Waals surface area contributed by atoms with E-state index in [4.69, 9.17) is 4.74 Å². The van der Waals surface area contributed by atoms with Gasteiger partial charge in [-0.1, -0.05) is 13.8 Å². The fourth-order valence-corrected chi connectivity index (χ4v) is 3.12. The number of ether oxygens (including phenoxy) is 1. The predicted octanol–water partition coefficient (Wildman–Crippen LogP) is 3.05. The summed E-state index contributed by atoms with van der Waals surface area (Å²) >= 11 is 0. The second-order valence-corrected chi connectivity index (χ2v) is 5.75. The van der Waals surface area contributed by atoms with Crippen LogP contribution in [0.25, 0.3) is 0 Å². The van der Waals surface area contributed by atoms with Crippen molar-refractivity contribution >= 4 is 5.78 Å². The zero-order chi connectivity index (χ0) is 11.5. The second kappa shape index (κ2) is 5.31. The molecule has 92 valence electrons. The molecule has 0 radical (unpaired) electrons. The number of ketones is 1. The lowest BCUT2D eigenvalue weighted by atomic mass is 9.71. The molecule has 1 aliphatic heterocycles. The topological polar surface area (TPSA) is 26.3 Å². The molecule has 3 unspecified atom stereocenters. The summed E-state index contributed by atoms with van der Waals surface area (Å²) in [6, 6.07) is 0. The van der Waals surface area contributed by atoms with Crippen molar-refractivity contribution in [3.8, 4) is 0 Å². The SMILES string of the molecule is CC1CCC(C(=O)C2CCOCC2)CC1C. The van der Waals surface area contributed by atoms with Crippen molar-refractivity contribution in [2.24, 2.45) is 23.7 Å². The number of Topliss-reactive ketones (excluding diaryl/α,β-unsaturated/α-hetero) is 1. The third-order valence-electron chi connectivity index (χ3n) is 4.62. The van der Waals surface area contributed by atoms with E-state index in [2.05, 4.69) is 13.8 Å². The van der Waals surface area contributed by atoms with Gasteiger partial charge in [-0.05, 0) is 43.9 Å². The van der Waals surface area contributed by atoms with Crippen LogP contribution < -0.4 is 0 Å². The Morgan fingerprint density at radius 3 is 2.25 bits per heavy atom. The molecule has 0 aromatic carbocycles. The maximum atomic E-state index is 12.3. The summed E-state index contributed by atoms with van der Waals surface area (Å²) in [5, 5.41) is 0. The van der Waals surface area contributed by atoms with Crippen molar-refractivity contribution in [3.63, 3.8) is 0 Å². The monoisotopic (exact) mass is 224 g/mol. The Hall–Kier alpha value is -0.370. The van der Waals surface area contributed by atoms with E-state index in [-0.39, 0.29) is 0 Å². The van der Waals surface area contributed by atoms with E-state index in [1.54, 1.807) is 0 Å². The van der Waals surface area contributed by atoms with Crippen LogP contribution in [0.5, 0.6) is 0 Å². The Labute approximate surface area is 98.7 Å². The zero-order valence-corrected chi connectivity index (χ0v) is 10.6. The van der Waals surface area contributed by atoms with E-state index < -0.39 is 0 Å². The number of carbonyl (C=O) groups is 1. The van der Waals surface area contributed by atoms with Crippen LogP contribution in [-0.4, -0.2) is 19.0 Å². The molecule has 0 N–H and O–H groups in total. The molecule has 1 saturated heterocycles. The van der Waals surface area contributed by atoms with Gasteiger partial charge < -0.3 is 4.74 Å². The summed E-state index contributed by atoms with van der Waals surface area (Å²) in [6.45, 7) is 6.19. The maximum absolute atomic E-state index is 12.3. The Balaban J connectivity index is 1.89. The first-order valence-electron chi connectivity index (χ1n) is 6.80. The second-order valence-electron chi connectivity index (χ2n) is 5.75. The van der Waals surface area contributed by atoms with Gasteiger partial charge >= 0.3 is 0 Å². The average Bonchev–Trinajstić information content (AvgIpc) is 2.33. The highest BCUT2D eigenvalue weighted by molar-refractivity contribution is 5.83. The summed E-state index contributed by atoms with van der Waals surface area (Å²) in [5.41, 5.74) is 0. The minimum Gasteiger partial charge on any atom is -0.381 e. The predicted molar refractivity (Wildman–Crippen MR) is 64.2 cm³/mol. The van der Waals surface area contributed by atoms with Crippen molar-refractivity contribution in [1.82, 2.24) is 0 Å². The van der Waals surface area contributed by atoms with E-state index in [0.717, 1.165) is 50.7 Å². The molecule has 1 aliphatic carbocycles. The van der Waals surface area contributed by atoms with E-state index in [1.807, 2.05) is 0 Å². The summed E-state index contributed by atoms with van der Waals surface area (Å²) in [5.74, 6) is 2.73. The molecule has 2 nitrogen and oxygen atoms in total. The first kappa shape index (κ1) is 12.1. The van der Waals surface area contributed by atoms with Crippen LogP contribution in [0.3, 0.4) is 0 Å². The molecule has 2 fully saturated rings. The smallest absolute Gasteiger partial charge is 0.139 e. The molecule has 2 rings (SSSR count). The molecule has 0 bridgehead atoms. The van der Waals surface area contributed by atoms with Crippen LogP contribution in [0.1, 0.15) is 46.0 Å². The summed E-state index contributed by atoms with van der Waals surface area (Å²) < 4.78 is 5.32. The first-order valence-corrected chi connectivity index (χ1v) is 6.80. The van der Waals surface area contributed by atoms with Crippen molar-refractivity contribution in [2.45, 2.75) is 46.0 Å². The van der Waals surface area contributed by atoms with Crippen LogP contribution >= 0.6 is 0 Å². The van der Waals surface area contributed by atoms with E-state index in [0.29, 0.717) is 17.6 Å². The number of rotatable bonds is 2. The van der Waals surface area contributed by atoms with Crippen LogP contribution in [0, 0.1) is 23.7 Å². The summed E-state index contributed by atoms with van der Waals surface area (Å²) in [7, 11) is 0. The Kier molecular flexibility index (Phi) is 4.01. The van der Waals surface area contributed by atoms with Gasteiger partial charge in [0.15, 0.2) is 0 Å². The molecule has 2 heteroatoms. The number of hydrogen-bond donors (Lipinski definition) is 0. The highest BCUT2D eigenvalue weighted by atomic mass is 16.5. The van der Waals surface area contributed by atoms with E-state index in [1.165, 1.54) is 6.42 Å². The Morgan fingerprint density at radius 1 is 0.938 bits per heavy atom. The molecule has 0 spiro atoms. The lowest BCUT2D eigenvalue weighted by molar-refractivity contribution is -0.131. The largest absolute Gasteiger partial charge is 0.381 e. The maximum Gasteiger partial charge on any atom is 0.139 e. The Bertz CT molecular complexity index is 243. The van der Waals surface area contributed by atoms with Crippen LogP contribution in [0.15, 0.2) is 0 Å². The molecule has 3 atom stereocenters. The van der Waals surface area contributed by atoms with Crippen molar-refractivity contribution in [2.75, 3.05) is 13.2 Å². The van der Waals surface area contributed by atoms with Gasteiger partial charge in [0.05, 0.1) is 0 Å². The molecule has 2 aliphatic rings. The standard InChI is InChI=1S/C14H24O2/c1-10-3-4-13(9-11(10)2)14(15)12-5-7-16-8-6-12/h10-13H,3-9H2,1-2H3. The van der Waals surface area contributed by atoms with Crippen molar-refractivity contribution in [3.05, 3.63) is 0 Å². The quantitative estimate of drug-likeness (QED) is 0.720. The first-order chi connectivity index (χ1) is 7.68. The van der Waals surface area contributed by atoms with Gasteiger partial charge in [-0.25, -0.2) is 0 Å². The van der Waals surface area contributed by atoms with Gasteiger partial charge in [-0.15, -0.1) is 0 Å². The van der Waals surface area contributed by atoms with Crippen LogP contribution in [0.4, 0.5) is 0 Å². The molecule has 16 heavy (non-hydrogen) atoms. The molecular weight excluding hydrogens is 200 g/mol. The highest BCUT2D eigenvalue weighted by Gasteiger charge is 2.33. The normalized spacial score (nSPS) is 37.2. The summed E-state index contributed by atoms with van der Waals surface area (Å²) in [4.78, 5) is 12.3. The summed E-state index contributed by atoms with van der Waals surface area (Å²) in [6.07, 6.45) is 5.40. The molecular formula is C14H24O2. The number of carbonyl (C=O) groups excluding carboxylic acids is 1. The van der Waals surface area contributed by atoms with Crippen molar-refractivity contribution < 1.29 is 9.53 Å². The van der Waals surface area contributed by atoms with Crippen LogP contribution in [0.2, 0.25) is 0 Å². The lowest BCUT2D eigenvalue weighted by Gasteiger charge is -2.33. The minimum atomic E-state index is 0.305. The molecule has 0 aromatic rings. The minimum absolute atomic E-state index is 0.305. The highest BCUT2D eigenvalue weighted by Crippen LogP contribution is 2.36. The molecule has 1 heterocycles. The van der Waals surface area contributed by atoms with Gasteiger partial charge in [0, 0.05) is 25.0 Å². The zero-order valence-electron chi connectivity index (χ0n) is 10.6. The third kappa shape index (κ3) is 2.65. The van der Waals surface area contributed by atoms with Gasteiger partial charge in [0.1, 0.15) is 5.78 Å². The number of hydrogen-bond acceptors (Lipinski definition) is 2. The van der Waals surface area contributed by atoms with Gasteiger partial charge in [-0.3, -0.25) is 4.79 Å². The molecule has 0 amide bonds. The van der Waals surface area contributed by atoms with E-state index in [9.17, 15) is 4.79 Å². The van der Waals surface area contributed by atoms with Crippen LogP contribution in [-0.2, 0) is 9.53 Å². The van der Waals surface area contributed by atoms with Gasteiger partial charge in [-0.2, -0.15) is 0 Å². The Morgan fingerprint density at radius 2 is 1.62 bits per heavy atom. The van der Waals surface area contributed by atoms with Crippen molar-refractivity contribution in [1.29, 1.82) is 0 Å². The fourth-order valence-electron chi connectivity index (χ4n) is 3.12. The lowest BCUT2D eigenvalue weighted by Crippen LogP contribution is -2.33. The third-order valence-corrected chi connectivity index (χ3v) is 4.62. The van der Waals surface area contributed by atoms with Gasteiger partial charge in [0.25, 0.3) is 0 Å². The molecule has 1 saturated carbocycles. The average molecular weight is 224 g/mol. The fraction of sp³-hybridized carbons (Fsp3) is 0.929.